The molecule has 0 aliphatic heterocycles. The number of nitrogens with zero attached hydrogens (tertiary/aromatic N) is 1. The first-order valence-corrected chi connectivity index (χ1v) is 8.33. The second-order valence-electron chi connectivity index (χ2n) is 6.31. The molecular weight excluding hydrogens is 308 g/mol. The molecular formula is C22H22N2O. The first-order valence-electron chi connectivity index (χ1n) is 8.33. The van der Waals surface area contributed by atoms with Gasteiger partial charge in [0.15, 0.2) is 5.78 Å². The molecule has 0 radical (unpaired) electrons. The average molecular weight is 330 g/mol. The minimum Gasteiger partial charge on any atom is -0.399 e. The lowest BCUT2D eigenvalue weighted by Crippen LogP contribution is -2.17. The van der Waals surface area contributed by atoms with Gasteiger partial charge in [0.05, 0.1) is 0 Å². The molecule has 0 atom stereocenters. The Kier molecular flexibility index (Phi) is 5.26. The van der Waals surface area contributed by atoms with Crippen LogP contribution in [0.25, 0.3) is 0 Å². The van der Waals surface area contributed by atoms with Crippen LogP contribution in [0.4, 0.5) is 5.69 Å². The molecule has 0 aromatic heterocycles. The third-order valence-corrected chi connectivity index (χ3v) is 4.14. The summed E-state index contributed by atoms with van der Waals surface area (Å²) < 4.78 is 0. The quantitative estimate of drug-likeness (QED) is 0.546. The van der Waals surface area contributed by atoms with Gasteiger partial charge in [0, 0.05) is 29.9 Å². The van der Waals surface area contributed by atoms with Gasteiger partial charge in [-0.3, -0.25) is 9.69 Å². The maximum atomic E-state index is 12.5. The molecule has 3 heteroatoms. The molecule has 3 aromatic carbocycles. The predicted octanol–water partition coefficient (Wildman–Crippen LogP) is 4.13. The molecule has 3 rings (SSSR count). The SMILES string of the molecule is CN(Cc1ccccc1)Cc1ccc(C(=O)c2ccc(N)cc2)cc1. The fraction of sp³-hybridized carbons (Fsp3) is 0.136. The van der Waals surface area contributed by atoms with Gasteiger partial charge in [0.2, 0.25) is 0 Å². The van der Waals surface area contributed by atoms with Crippen molar-refractivity contribution in [3.05, 3.63) is 101 Å². The summed E-state index contributed by atoms with van der Waals surface area (Å²) in [6.07, 6.45) is 0. The number of nitrogens with two attached hydrogens (primary N) is 1. The summed E-state index contributed by atoms with van der Waals surface area (Å²) in [6.45, 7) is 1.73. The fourth-order valence-corrected chi connectivity index (χ4v) is 2.83. The van der Waals surface area contributed by atoms with Gasteiger partial charge < -0.3 is 5.73 Å². The summed E-state index contributed by atoms with van der Waals surface area (Å²) in [5.74, 6) is 0.0178. The number of ketones is 1. The van der Waals surface area contributed by atoms with Crippen LogP contribution in [0, 0.1) is 0 Å². The van der Waals surface area contributed by atoms with Gasteiger partial charge in [-0.05, 0) is 42.4 Å². The van der Waals surface area contributed by atoms with E-state index >= 15 is 0 Å². The Hall–Kier alpha value is -2.91. The van der Waals surface area contributed by atoms with Crippen LogP contribution in [0.3, 0.4) is 0 Å². The molecule has 25 heavy (non-hydrogen) atoms. The van der Waals surface area contributed by atoms with Crippen LogP contribution in [0.15, 0.2) is 78.9 Å². The zero-order chi connectivity index (χ0) is 17.6. The highest BCUT2D eigenvalue weighted by molar-refractivity contribution is 6.09. The lowest BCUT2D eigenvalue weighted by atomic mass is 10.0. The summed E-state index contributed by atoms with van der Waals surface area (Å²) in [5, 5.41) is 0. The highest BCUT2D eigenvalue weighted by Crippen LogP contribution is 2.14. The van der Waals surface area contributed by atoms with E-state index in [0.29, 0.717) is 16.8 Å². The number of carbonyl (C=O) groups excluding carboxylic acids is 1. The minimum atomic E-state index is 0.0178. The van der Waals surface area contributed by atoms with Gasteiger partial charge in [-0.25, -0.2) is 0 Å². The van der Waals surface area contributed by atoms with Crippen LogP contribution < -0.4 is 5.73 Å². The lowest BCUT2D eigenvalue weighted by Gasteiger charge is -2.17. The van der Waals surface area contributed by atoms with E-state index < -0.39 is 0 Å². The Balaban J connectivity index is 1.63. The Morgan fingerprint density at radius 1 is 0.760 bits per heavy atom. The van der Waals surface area contributed by atoms with Crippen molar-refractivity contribution in [1.29, 1.82) is 0 Å². The largest absolute Gasteiger partial charge is 0.399 e. The van der Waals surface area contributed by atoms with E-state index in [2.05, 4.69) is 36.2 Å². The molecule has 0 saturated heterocycles. The van der Waals surface area contributed by atoms with E-state index in [1.165, 1.54) is 11.1 Å². The Labute approximate surface area is 148 Å². The third-order valence-electron chi connectivity index (χ3n) is 4.14. The summed E-state index contributed by atoms with van der Waals surface area (Å²) in [6, 6.07) is 25.3. The van der Waals surface area contributed by atoms with Crippen molar-refractivity contribution in [3.63, 3.8) is 0 Å². The Morgan fingerprint density at radius 3 is 1.80 bits per heavy atom. The standard InChI is InChI=1S/C22H22N2O/c1-24(15-17-5-3-2-4-6-17)16-18-7-9-19(10-8-18)22(25)20-11-13-21(23)14-12-20/h2-14H,15-16,23H2,1H3. The minimum absolute atomic E-state index is 0.0178. The van der Waals surface area contributed by atoms with Crippen molar-refractivity contribution in [2.24, 2.45) is 0 Å². The number of carbonyl (C=O) groups is 1. The molecule has 0 unspecified atom stereocenters. The maximum absolute atomic E-state index is 12.5. The molecule has 0 fully saturated rings. The van der Waals surface area contributed by atoms with E-state index in [4.69, 9.17) is 5.73 Å². The van der Waals surface area contributed by atoms with Crippen molar-refractivity contribution in [2.75, 3.05) is 12.8 Å². The summed E-state index contributed by atoms with van der Waals surface area (Å²) in [5.41, 5.74) is 10.2. The van der Waals surface area contributed by atoms with E-state index in [0.717, 1.165) is 13.1 Å². The molecule has 0 heterocycles. The van der Waals surface area contributed by atoms with E-state index in [1.54, 1.807) is 24.3 Å². The van der Waals surface area contributed by atoms with Gasteiger partial charge in [-0.1, -0.05) is 54.6 Å². The Bertz CT molecular complexity index is 824. The summed E-state index contributed by atoms with van der Waals surface area (Å²) in [7, 11) is 2.10. The second kappa shape index (κ2) is 7.77. The monoisotopic (exact) mass is 330 g/mol. The third kappa shape index (κ3) is 4.55. The number of anilines is 1. The topological polar surface area (TPSA) is 46.3 Å². The average Bonchev–Trinajstić information content (AvgIpc) is 2.63. The zero-order valence-electron chi connectivity index (χ0n) is 14.4. The van der Waals surface area contributed by atoms with Crippen LogP contribution in [-0.4, -0.2) is 17.7 Å². The molecule has 0 saturated carbocycles. The van der Waals surface area contributed by atoms with Gasteiger partial charge >= 0.3 is 0 Å². The first-order chi connectivity index (χ1) is 12.1. The van der Waals surface area contributed by atoms with Crippen LogP contribution in [0.1, 0.15) is 27.0 Å². The van der Waals surface area contributed by atoms with E-state index in [-0.39, 0.29) is 5.78 Å². The van der Waals surface area contributed by atoms with Crippen molar-refractivity contribution in [2.45, 2.75) is 13.1 Å². The molecule has 0 aliphatic rings. The molecule has 3 aromatic rings. The fourth-order valence-electron chi connectivity index (χ4n) is 2.83. The molecule has 0 spiro atoms. The highest BCUT2D eigenvalue weighted by atomic mass is 16.1. The molecule has 2 N–H and O–H groups in total. The predicted molar refractivity (Wildman–Crippen MR) is 102 cm³/mol. The van der Waals surface area contributed by atoms with Gasteiger partial charge in [0.25, 0.3) is 0 Å². The van der Waals surface area contributed by atoms with Crippen molar-refractivity contribution < 1.29 is 4.79 Å². The highest BCUT2D eigenvalue weighted by Gasteiger charge is 2.09. The van der Waals surface area contributed by atoms with Crippen molar-refractivity contribution in [3.8, 4) is 0 Å². The van der Waals surface area contributed by atoms with Crippen molar-refractivity contribution in [1.82, 2.24) is 4.90 Å². The lowest BCUT2D eigenvalue weighted by molar-refractivity contribution is 0.103. The van der Waals surface area contributed by atoms with Gasteiger partial charge in [0.1, 0.15) is 0 Å². The number of nitrogen functional groups attached to an aromatic ring is 1. The Morgan fingerprint density at radius 2 is 1.24 bits per heavy atom. The first kappa shape index (κ1) is 16.9. The van der Waals surface area contributed by atoms with E-state index in [9.17, 15) is 4.79 Å². The van der Waals surface area contributed by atoms with Crippen LogP contribution in [0.2, 0.25) is 0 Å². The van der Waals surface area contributed by atoms with Crippen molar-refractivity contribution >= 4 is 11.5 Å². The maximum Gasteiger partial charge on any atom is 0.193 e. The molecule has 126 valence electrons. The number of hydrogen-bond acceptors (Lipinski definition) is 3. The van der Waals surface area contributed by atoms with Crippen LogP contribution in [-0.2, 0) is 13.1 Å². The van der Waals surface area contributed by atoms with E-state index in [1.807, 2.05) is 30.3 Å². The number of hydrogen-bond donors (Lipinski definition) is 1. The second-order valence-corrected chi connectivity index (χ2v) is 6.31. The smallest absolute Gasteiger partial charge is 0.193 e. The molecule has 0 amide bonds. The van der Waals surface area contributed by atoms with Crippen LogP contribution in [0.5, 0.6) is 0 Å². The number of benzene rings is 3. The van der Waals surface area contributed by atoms with Crippen LogP contribution >= 0.6 is 0 Å². The van der Waals surface area contributed by atoms with Gasteiger partial charge in [-0.2, -0.15) is 0 Å². The van der Waals surface area contributed by atoms with Gasteiger partial charge in [-0.15, -0.1) is 0 Å². The summed E-state index contributed by atoms with van der Waals surface area (Å²) >= 11 is 0. The number of rotatable bonds is 6. The molecule has 3 nitrogen and oxygen atoms in total. The molecule has 0 aliphatic carbocycles. The zero-order valence-corrected chi connectivity index (χ0v) is 14.4. The molecule has 0 bridgehead atoms. The summed E-state index contributed by atoms with van der Waals surface area (Å²) in [4.78, 5) is 14.7. The normalized spacial score (nSPS) is 10.8.